The van der Waals surface area contributed by atoms with Gasteiger partial charge < -0.3 is 0 Å². The average Bonchev–Trinajstić information content (AvgIpc) is 2.02. The van der Waals surface area contributed by atoms with Gasteiger partial charge in [-0.05, 0) is 30.3 Å². The van der Waals surface area contributed by atoms with Crippen molar-refractivity contribution in [2.45, 2.75) is 12.8 Å². The zero-order valence-electron chi connectivity index (χ0n) is 7.25. The molecule has 1 fully saturated rings. The molecule has 0 aliphatic carbocycles. The quantitative estimate of drug-likeness (QED) is 0.743. The summed E-state index contributed by atoms with van der Waals surface area (Å²) in [5.41, 5.74) is 0. The van der Waals surface area contributed by atoms with Crippen molar-refractivity contribution in [3.05, 3.63) is 0 Å². The van der Waals surface area contributed by atoms with E-state index in [4.69, 9.17) is 0 Å². The van der Waals surface area contributed by atoms with Crippen LogP contribution < -0.4 is 4.72 Å². The van der Waals surface area contributed by atoms with Gasteiger partial charge in [0.25, 0.3) is 0 Å². The van der Waals surface area contributed by atoms with Gasteiger partial charge in [0.2, 0.25) is 10.0 Å². The summed E-state index contributed by atoms with van der Waals surface area (Å²) in [6.07, 6.45) is 3.50. The van der Waals surface area contributed by atoms with Crippen molar-refractivity contribution < 1.29 is 8.42 Å². The molecule has 1 aliphatic rings. The monoisotopic (exact) mass is 209 g/mol. The van der Waals surface area contributed by atoms with Crippen LogP contribution in [0.2, 0.25) is 0 Å². The first-order valence-electron chi connectivity index (χ1n) is 4.10. The van der Waals surface area contributed by atoms with E-state index in [2.05, 4.69) is 4.72 Å². The van der Waals surface area contributed by atoms with E-state index < -0.39 is 10.0 Å². The zero-order chi connectivity index (χ0) is 9.03. The predicted octanol–water partition coefficient (Wildman–Crippen LogP) is 0.679. The molecule has 0 bridgehead atoms. The lowest BCUT2D eigenvalue weighted by Gasteiger charge is -2.20. The molecule has 1 heterocycles. The second-order valence-corrected chi connectivity index (χ2v) is 6.23. The van der Waals surface area contributed by atoms with E-state index in [1.54, 1.807) is 0 Å². The Labute approximate surface area is 78.4 Å². The summed E-state index contributed by atoms with van der Waals surface area (Å²) in [4.78, 5) is 0. The lowest BCUT2D eigenvalue weighted by Crippen LogP contribution is -2.30. The van der Waals surface area contributed by atoms with Gasteiger partial charge in [-0.15, -0.1) is 0 Å². The standard InChI is InChI=1S/C7H15NO2S2/c1-12(9,10)8-6-7-2-4-11-5-3-7/h7-8H,2-6H2,1H3. The minimum Gasteiger partial charge on any atom is -0.215 e. The molecule has 0 aromatic heterocycles. The van der Waals surface area contributed by atoms with Crippen molar-refractivity contribution >= 4 is 21.8 Å². The zero-order valence-corrected chi connectivity index (χ0v) is 8.88. The molecule has 0 unspecified atom stereocenters. The van der Waals surface area contributed by atoms with E-state index in [-0.39, 0.29) is 0 Å². The molecule has 0 radical (unpaired) electrons. The highest BCUT2D eigenvalue weighted by atomic mass is 32.2. The van der Waals surface area contributed by atoms with E-state index in [1.165, 1.54) is 17.8 Å². The van der Waals surface area contributed by atoms with E-state index in [1.807, 2.05) is 11.8 Å². The summed E-state index contributed by atoms with van der Waals surface area (Å²) < 4.78 is 24.1. The summed E-state index contributed by atoms with van der Waals surface area (Å²) in [7, 11) is -2.98. The first-order valence-corrected chi connectivity index (χ1v) is 7.15. The highest BCUT2D eigenvalue weighted by Crippen LogP contribution is 2.21. The number of nitrogens with one attached hydrogen (secondary N) is 1. The third-order valence-corrected chi connectivity index (χ3v) is 3.71. The lowest BCUT2D eigenvalue weighted by molar-refractivity contribution is 0.478. The molecule has 3 nitrogen and oxygen atoms in total. The molecule has 0 aromatic rings. The number of hydrogen-bond acceptors (Lipinski definition) is 3. The molecule has 0 atom stereocenters. The Morgan fingerprint density at radius 3 is 2.50 bits per heavy atom. The Balaban J connectivity index is 2.22. The van der Waals surface area contributed by atoms with Crippen LogP contribution in [0, 0.1) is 5.92 Å². The fourth-order valence-corrected chi connectivity index (χ4v) is 2.96. The van der Waals surface area contributed by atoms with Crippen molar-refractivity contribution in [1.82, 2.24) is 4.72 Å². The van der Waals surface area contributed by atoms with Crippen molar-refractivity contribution in [3.63, 3.8) is 0 Å². The molecule has 0 aromatic carbocycles. The lowest BCUT2D eigenvalue weighted by atomic mass is 10.0. The number of sulfonamides is 1. The van der Waals surface area contributed by atoms with Gasteiger partial charge in [-0.3, -0.25) is 0 Å². The van der Waals surface area contributed by atoms with Crippen LogP contribution in [0.5, 0.6) is 0 Å². The van der Waals surface area contributed by atoms with Crippen LogP contribution in [-0.4, -0.2) is 32.7 Å². The van der Waals surface area contributed by atoms with Gasteiger partial charge in [0.15, 0.2) is 0 Å². The largest absolute Gasteiger partial charge is 0.215 e. The number of thioether (sulfide) groups is 1. The first kappa shape index (κ1) is 10.3. The molecule has 0 saturated carbocycles. The summed E-state index contributed by atoms with van der Waals surface area (Å²) in [6, 6.07) is 0. The molecule has 1 N–H and O–H groups in total. The molecular formula is C7H15NO2S2. The van der Waals surface area contributed by atoms with Crippen molar-refractivity contribution in [2.75, 3.05) is 24.3 Å². The molecule has 0 amide bonds. The summed E-state index contributed by atoms with van der Waals surface area (Å²) >= 11 is 1.95. The minimum atomic E-state index is -2.98. The second kappa shape index (κ2) is 4.48. The Hall–Kier alpha value is 0.260. The molecule has 5 heteroatoms. The molecule has 1 aliphatic heterocycles. The van der Waals surface area contributed by atoms with Crippen LogP contribution in [0.4, 0.5) is 0 Å². The normalized spacial score (nSPS) is 21.1. The Morgan fingerprint density at radius 2 is 2.00 bits per heavy atom. The van der Waals surface area contributed by atoms with Gasteiger partial charge >= 0.3 is 0 Å². The van der Waals surface area contributed by atoms with Crippen LogP contribution in [0.15, 0.2) is 0 Å². The minimum absolute atomic E-state index is 0.556. The molecule has 72 valence electrons. The summed E-state index contributed by atoms with van der Waals surface area (Å²) in [6.45, 7) is 0.624. The van der Waals surface area contributed by atoms with Crippen LogP contribution >= 0.6 is 11.8 Å². The SMILES string of the molecule is CS(=O)(=O)NCC1CCSCC1. The smallest absolute Gasteiger partial charge is 0.208 e. The molecule has 1 saturated heterocycles. The third kappa shape index (κ3) is 4.33. The van der Waals surface area contributed by atoms with E-state index in [9.17, 15) is 8.42 Å². The predicted molar refractivity (Wildman–Crippen MR) is 52.9 cm³/mol. The van der Waals surface area contributed by atoms with Crippen LogP contribution in [0.25, 0.3) is 0 Å². The second-order valence-electron chi connectivity index (χ2n) is 3.18. The topological polar surface area (TPSA) is 46.2 Å². The molecule has 12 heavy (non-hydrogen) atoms. The Kier molecular flexibility index (Phi) is 3.86. The Morgan fingerprint density at radius 1 is 1.42 bits per heavy atom. The van der Waals surface area contributed by atoms with E-state index >= 15 is 0 Å². The van der Waals surface area contributed by atoms with Crippen LogP contribution in [0.1, 0.15) is 12.8 Å². The maximum absolute atomic E-state index is 10.8. The molecular weight excluding hydrogens is 194 g/mol. The molecule has 1 rings (SSSR count). The molecule has 0 spiro atoms. The maximum atomic E-state index is 10.8. The van der Waals surface area contributed by atoms with Gasteiger partial charge in [-0.1, -0.05) is 0 Å². The van der Waals surface area contributed by atoms with Gasteiger partial charge in [0, 0.05) is 6.54 Å². The fraction of sp³-hybridized carbons (Fsp3) is 1.00. The summed E-state index contributed by atoms with van der Waals surface area (Å²) in [5.74, 6) is 2.91. The van der Waals surface area contributed by atoms with Crippen molar-refractivity contribution in [2.24, 2.45) is 5.92 Å². The maximum Gasteiger partial charge on any atom is 0.208 e. The first-order chi connectivity index (χ1) is 5.58. The highest BCUT2D eigenvalue weighted by molar-refractivity contribution is 7.99. The van der Waals surface area contributed by atoms with Gasteiger partial charge in [-0.2, -0.15) is 11.8 Å². The third-order valence-electron chi connectivity index (χ3n) is 1.98. The van der Waals surface area contributed by atoms with Gasteiger partial charge in [0.05, 0.1) is 6.26 Å². The Bertz CT molecular complexity index is 220. The van der Waals surface area contributed by atoms with Gasteiger partial charge in [0.1, 0.15) is 0 Å². The van der Waals surface area contributed by atoms with E-state index in [0.29, 0.717) is 12.5 Å². The van der Waals surface area contributed by atoms with Gasteiger partial charge in [-0.25, -0.2) is 13.1 Å². The van der Waals surface area contributed by atoms with E-state index in [0.717, 1.165) is 12.8 Å². The average molecular weight is 209 g/mol. The van der Waals surface area contributed by atoms with Crippen LogP contribution in [0.3, 0.4) is 0 Å². The number of rotatable bonds is 3. The van der Waals surface area contributed by atoms with Crippen molar-refractivity contribution in [3.8, 4) is 0 Å². The number of hydrogen-bond donors (Lipinski definition) is 1. The highest BCUT2D eigenvalue weighted by Gasteiger charge is 2.14. The fourth-order valence-electron chi connectivity index (χ4n) is 1.22. The van der Waals surface area contributed by atoms with Crippen LogP contribution in [-0.2, 0) is 10.0 Å². The van der Waals surface area contributed by atoms with Crippen molar-refractivity contribution in [1.29, 1.82) is 0 Å². The summed E-state index contributed by atoms with van der Waals surface area (Å²) in [5, 5.41) is 0.